The molecule has 0 aromatic carbocycles. The van der Waals surface area contributed by atoms with E-state index in [0.717, 1.165) is 12.8 Å². The Hall–Kier alpha value is -1.37. The first-order chi connectivity index (χ1) is 7.22. The van der Waals surface area contributed by atoms with Gasteiger partial charge in [0.05, 0.1) is 0 Å². The number of unbranched alkanes of at least 4 members (excludes halogenated alkanes) is 1. The van der Waals surface area contributed by atoms with Crippen molar-refractivity contribution in [2.75, 3.05) is 12.0 Å². The van der Waals surface area contributed by atoms with Crippen molar-refractivity contribution in [1.29, 1.82) is 0 Å². The predicted molar refractivity (Wildman–Crippen MR) is 59.7 cm³/mol. The average Bonchev–Trinajstić information content (AvgIpc) is 2.62. The van der Waals surface area contributed by atoms with Crippen LogP contribution in [-0.4, -0.2) is 21.9 Å². The van der Waals surface area contributed by atoms with Crippen molar-refractivity contribution in [2.45, 2.75) is 26.7 Å². The van der Waals surface area contributed by atoms with Gasteiger partial charge in [-0.1, -0.05) is 13.3 Å². The molecule has 0 fully saturated rings. The van der Waals surface area contributed by atoms with Crippen LogP contribution in [0.25, 0.3) is 0 Å². The summed E-state index contributed by atoms with van der Waals surface area (Å²) in [5, 5.41) is 3.29. The van der Waals surface area contributed by atoms with Crippen LogP contribution in [0.15, 0.2) is 0 Å². The van der Waals surface area contributed by atoms with Gasteiger partial charge in [0.1, 0.15) is 5.82 Å². The molecule has 1 aromatic rings. The topological polar surface area (TPSA) is 78.9 Å². The lowest BCUT2D eigenvalue weighted by molar-refractivity contribution is 0.242. The first-order valence-electron chi connectivity index (χ1n) is 4.82. The minimum Gasteiger partial charge on any atom is -0.337 e. The monoisotopic (exact) mass is 229 g/mol. The van der Waals surface area contributed by atoms with Crippen LogP contribution in [0.4, 0.5) is 9.93 Å². The van der Waals surface area contributed by atoms with Crippen molar-refractivity contribution < 1.29 is 4.79 Å². The Bertz CT molecular complexity index is 314. The standard InChI is InChI=1S/C8H15N5OS/c1-3-4-5-9-7(14)11-12-8-10-6(2)13-15-8/h3-5H2,1-2H3,(H2,9,11,14)(H,10,12,13). The van der Waals surface area contributed by atoms with E-state index in [1.165, 1.54) is 11.5 Å². The highest BCUT2D eigenvalue weighted by atomic mass is 32.1. The zero-order valence-corrected chi connectivity index (χ0v) is 9.65. The molecule has 1 rings (SSSR count). The number of carbonyl (C=O) groups excluding carboxylic acids is 1. The maximum atomic E-state index is 11.2. The largest absolute Gasteiger partial charge is 0.337 e. The van der Waals surface area contributed by atoms with Crippen molar-refractivity contribution in [3.05, 3.63) is 5.82 Å². The van der Waals surface area contributed by atoms with Gasteiger partial charge in [0.25, 0.3) is 0 Å². The number of carbonyl (C=O) groups is 1. The van der Waals surface area contributed by atoms with Crippen molar-refractivity contribution in [3.63, 3.8) is 0 Å². The summed E-state index contributed by atoms with van der Waals surface area (Å²) in [6, 6.07) is -0.253. The molecule has 0 saturated heterocycles. The van der Waals surface area contributed by atoms with Crippen molar-refractivity contribution >= 4 is 22.7 Å². The number of rotatable bonds is 5. The first-order valence-corrected chi connectivity index (χ1v) is 5.60. The summed E-state index contributed by atoms with van der Waals surface area (Å²) < 4.78 is 3.97. The summed E-state index contributed by atoms with van der Waals surface area (Å²) in [6.45, 7) is 4.55. The van der Waals surface area contributed by atoms with E-state index in [1.54, 1.807) is 6.92 Å². The quantitative estimate of drug-likeness (QED) is 0.525. The summed E-state index contributed by atoms with van der Waals surface area (Å²) in [5.74, 6) is 0.690. The third-order valence-corrected chi connectivity index (χ3v) is 2.35. The van der Waals surface area contributed by atoms with Gasteiger partial charge < -0.3 is 5.32 Å². The zero-order valence-electron chi connectivity index (χ0n) is 8.83. The highest BCUT2D eigenvalue weighted by molar-refractivity contribution is 7.09. The summed E-state index contributed by atoms with van der Waals surface area (Å²) in [6.07, 6.45) is 2.04. The van der Waals surface area contributed by atoms with Crippen LogP contribution in [0.2, 0.25) is 0 Å². The molecule has 1 heterocycles. The van der Waals surface area contributed by atoms with E-state index in [4.69, 9.17) is 0 Å². The van der Waals surface area contributed by atoms with Crippen molar-refractivity contribution in [2.24, 2.45) is 0 Å². The minimum absolute atomic E-state index is 0.253. The van der Waals surface area contributed by atoms with Gasteiger partial charge in [-0.2, -0.15) is 4.37 Å². The van der Waals surface area contributed by atoms with Crippen LogP contribution in [0, 0.1) is 6.92 Å². The Kier molecular flexibility index (Phi) is 4.82. The van der Waals surface area contributed by atoms with Gasteiger partial charge in [-0.15, -0.1) is 0 Å². The Morgan fingerprint density at radius 2 is 2.33 bits per heavy atom. The van der Waals surface area contributed by atoms with Crippen LogP contribution in [0.1, 0.15) is 25.6 Å². The number of nitrogens with one attached hydrogen (secondary N) is 3. The SMILES string of the molecule is CCCCNC(=O)NNc1nc(C)ns1. The molecule has 15 heavy (non-hydrogen) atoms. The number of aryl methyl sites for hydroxylation is 1. The molecule has 3 N–H and O–H groups in total. The van der Waals surface area contributed by atoms with Gasteiger partial charge in [-0.05, 0) is 13.3 Å². The maximum absolute atomic E-state index is 11.2. The van der Waals surface area contributed by atoms with Crippen molar-refractivity contribution in [1.82, 2.24) is 20.1 Å². The third kappa shape index (κ3) is 4.59. The normalized spacial score (nSPS) is 9.73. The highest BCUT2D eigenvalue weighted by Crippen LogP contribution is 2.07. The minimum atomic E-state index is -0.253. The molecule has 0 aliphatic carbocycles. The molecule has 1 aromatic heterocycles. The number of hydrazine groups is 1. The fourth-order valence-electron chi connectivity index (χ4n) is 0.881. The van der Waals surface area contributed by atoms with Gasteiger partial charge in [0, 0.05) is 18.1 Å². The van der Waals surface area contributed by atoms with Gasteiger partial charge in [-0.3, -0.25) is 5.43 Å². The molecule has 0 atom stereocenters. The molecular formula is C8H15N5OS. The number of hydrogen-bond acceptors (Lipinski definition) is 5. The molecule has 6 nitrogen and oxygen atoms in total. The van der Waals surface area contributed by atoms with Crippen LogP contribution < -0.4 is 16.2 Å². The molecule has 0 unspecified atom stereocenters. The number of hydrogen-bond donors (Lipinski definition) is 3. The molecule has 7 heteroatoms. The lowest BCUT2D eigenvalue weighted by Gasteiger charge is -2.06. The Morgan fingerprint density at radius 1 is 1.53 bits per heavy atom. The fraction of sp³-hybridized carbons (Fsp3) is 0.625. The summed E-state index contributed by atoms with van der Waals surface area (Å²) in [5.41, 5.74) is 5.15. The van der Waals surface area contributed by atoms with Gasteiger partial charge in [-0.25, -0.2) is 15.2 Å². The van der Waals surface area contributed by atoms with Crippen LogP contribution in [-0.2, 0) is 0 Å². The number of aromatic nitrogens is 2. The second kappa shape index (κ2) is 6.18. The zero-order chi connectivity index (χ0) is 11.1. The second-order valence-corrected chi connectivity index (χ2v) is 3.76. The van der Waals surface area contributed by atoms with E-state index in [1.807, 2.05) is 0 Å². The molecule has 0 radical (unpaired) electrons. The maximum Gasteiger partial charge on any atom is 0.333 e. The Balaban J connectivity index is 2.16. The Morgan fingerprint density at radius 3 is 2.93 bits per heavy atom. The number of anilines is 1. The van der Waals surface area contributed by atoms with Gasteiger partial charge >= 0.3 is 6.03 Å². The van der Waals surface area contributed by atoms with E-state index in [9.17, 15) is 4.79 Å². The lowest BCUT2D eigenvalue weighted by atomic mass is 10.3. The number of urea groups is 1. The fourth-order valence-corrected chi connectivity index (χ4v) is 1.41. The number of amides is 2. The molecule has 84 valence electrons. The van der Waals surface area contributed by atoms with Crippen molar-refractivity contribution in [3.8, 4) is 0 Å². The summed E-state index contributed by atoms with van der Waals surface area (Å²) in [7, 11) is 0. The molecular weight excluding hydrogens is 214 g/mol. The average molecular weight is 229 g/mol. The second-order valence-electron chi connectivity index (χ2n) is 3.01. The number of nitrogens with zero attached hydrogens (tertiary/aromatic N) is 2. The third-order valence-electron chi connectivity index (χ3n) is 1.63. The first kappa shape index (κ1) is 11.7. The molecule has 2 amide bonds. The van der Waals surface area contributed by atoms with E-state index < -0.39 is 0 Å². The molecule has 0 spiro atoms. The van der Waals surface area contributed by atoms with E-state index >= 15 is 0 Å². The summed E-state index contributed by atoms with van der Waals surface area (Å²) in [4.78, 5) is 15.2. The molecule has 0 bridgehead atoms. The van der Waals surface area contributed by atoms with E-state index in [-0.39, 0.29) is 6.03 Å². The highest BCUT2D eigenvalue weighted by Gasteiger charge is 2.01. The van der Waals surface area contributed by atoms with E-state index in [2.05, 4.69) is 32.4 Å². The molecule has 0 aliphatic rings. The van der Waals surface area contributed by atoms with Gasteiger partial charge in [0.2, 0.25) is 5.13 Å². The van der Waals surface area contributed by atoms with Crippen LogP contribution in [0.3, 0.4) is 0 Å². The Labute approximate surface area is 92.6 Å². The molecule has 0 aliphatic heterocycles. The molecule has 0 saturated carbocycles. The predicted octanol–water partition coefficient (Wildman–Crippen LogP) is 1.27. The lowest BCUT2D eigenvalue weighted by Crippen LogP contribution is -2.39. The summed E-state index contributed by atoms with van der Waals surface area (Å²) >= 11 is 1.21. The van der Waals surface area contributed by atoms with Crippen LogP contribution >= 0.6 is 11.5 Å². The van der Waals surface area contributed by atoms with Crippen LogP contribution in [0.5, 0.6) is 0 Å². The smallest absolute Gasteiger partial charge is 0.333 e. The van der Waals surface area contributed by atoms with Gasteiger partial charge in [0.15, 0.2) is 0 Å². The van der Waals surface area contributed by atoms with E-state index in [0.29, 0.717) is 17.5 Å².